The smallest absolute Gasteiger partial charge is 0.431 e. The van der Waals surface area contributed by atoms with E-state index in [0.29, 0.717) is 12.5 Å². The largest absolute Gasteiger partial charge is 0.550 e. The number of hydrogen-bond donors (Lipinski definition) is 0. The summed E-state index contributed by atoms with van der Waals surface area (Å²) < 4.78 is 4.40. The van der Waals surface area contributed by atoms with E-state index in [1.165, 1.54) is 0 Å². The fourth-order valence-electron chi connectivity index (χ4n) is 1.08. The molecule has 0 aliphatic heterocycles. The molecule has 0 bridgehead atoms. The normalized spacial score (nSPS) is 12.5. The van der Waals surface area contributed by atoms with Gasteiger partial charge < -0.3 is 4.74 Å². The molecule has 0 saturated heterocycles. The Balaban J connectivity index is 3.45. The molecule has 1 radical (unpaired) electrons. The molecule has 12 heavy (non-hydrogen) atoms. The van der Waals surface area contributed by atoms with Crippen molar-refractivity contribution < 1.29 is 14.6 Å². The molecule has 0 heterocycles. The molecule has 0 aromatic heterocycles. The van der Waals surface area contributed by atoms with E-state index in [4.69, 9.17) is 0 Å². The van der Waals surface area contributed by atoms with Gasteiger partial charge in [-0.3, -0.25) is 0 Å². The maximum Gasteiger partial charge on any atom is 0.550 e. The Morgan fingerprint density at radius 1 is 1.42 bits per heavy atom. The van der Waals surface area contributed by atoms with Crippen LogP contribution in [0.15, 0.2) is 0 Å². The molecule has 0 rings (SSSR count). The predicted octanol–water partition coefficient (Wildman–Crippen LogP) is 2.77. The van der Waals surface area contributed by atoms with E-state index in [9.17, 15) is 9.90 Å². The maximum absolute atomic E-state index is 9.96. The van der Waals surface area contributed by atoms with Crippen LogP contribution in [0.25, 0.3) is 0 Å². The number of hydrogen-bond acceptors (Lipinski definition) is 2. The predicted molar refractivity (Wildman–Crippen MR) is 45.3 cm³/mol. The molecule has 0 aliphatic rings. The molecule has 3 nitrogen and oxygen atoms in total. The molecule has 0 saturated carbocycles. The molecule has 0 fully saturated rings. The minimum Gasteiger partial charge on any atom is -0.431 e. The Bertz CT molecular complexity index is 123. The van der Waals surface area contributed by atoms with E-state index < -0.39 is 6.16 Å². The lowest BCUT2D eigenvalue weighted by Crippen LogP contribution is -2.11. The second kappa shape index (κ2) is 6.95. The van der Waals surface area contributed by atoms with Crippen LogP contribution >= 0.6 is 0 Å². The lowest BCUT2D eigenvalue weighted by molar-refractivity contribution is 0.0532. The van der Waals surface area contributed by atoms with Crippen LogP contribution in [0.5, 0.6) is 0 Å². The Morgan fingerprint density at radius 3 is 2.50 bits per heavy atom. The van der Waals surface area contributed by atoms with Crippen LogP contribution in [0.2, 0.25) is 0 Å². The fraction of sp³-hybridized carbons (Fsp3) is 0.889. The van der Waals surface area contributed by atoms with Crippen LogP contribution in [-0.2, 0) is 9.84 Å². The molecule has 71 valence electrons. The van der Waals surface area contributed by atoms with Crippen molar-refractivity contribution in [3.63, 3.8) is 0 Å². The van der Waals surface area contributed by atoms with Crippen molar-refractivity contribution in [2.75, 3.05) is 6.61 Å². The topological polar surface area (TPSA) is 46.2 Å². The summed E-state index contributed by atoms with van der Waals surface area (Å²) in [5, 5.41) is 9.96. The van der Waals surface area contributed by atoms with Gasteiger partial charge in [0.15, 0.2) is 0 Å². The van der Waals surface area contributed by atoms with Gasteiger partial charge in [-0.1, -0.05) is 33.1 Å². The van der Waals surface area contributed by atoms with Gasteiger partial charge in [0.05, 0.1) is 6.61 Å². The van der Waals surface area contributed by atoms with Gasteiger partial charge in [-0.15, -0.1) is 0 Å². The SMILES string of the molecule is CCCCC(CC)COC([O])=O. The van der Waals surface area contributed by atoms with Crippen LogP contribution in [0.3, 0.4) is 0 Å². The molecule has 0 aliphatic carbocycles. The summed E-state index contributed by atoms with van der Waals surface area (Å²) in [6.07, 6.45) is 2.87. The van der Waals surface area contributed by atoms with Gasteiger partial charge in [-0.05, 0) is 12.3 Å². The first-order valence-corrected chi connectivity index (χ1v) is 4.54. The molecule has 0 aromatic carbocycles. The minimum atomic E-state index is -1.41. The molecule has 1 unspecified atom stereocenters. The zero-order valence-corrected chi connectivity index (χ0v) is 7.84. The molecule has 0 N–H and O–H groups in total. The third kappa shape index (κ3) is 6.01. The Hall–Kier alpha value is -0.730. The molecule has 0 spiro atoms. The third-order valence-electron chi connectivity index (χ3n) is 1.98. The average Bonchev–Trinajstić information content (AvgIpc) is 2.05. The molecular weight excluding hydrogens is 156 g/mol. The fourth-order valence-corrected chi connectivity index (χ4v) is 1.08. The van der Waals surface area contributed by atoms with Gasteiger partial charge in [-0.2, -0.15) is 9.90 Å². The Morgan fingerprint density at radius 2 is 2.08 bits per heavy atom. The van der Waals surface area contributed by atoms with E-state index in [2.05, 4.69) is 11.7 Å². The standard InChI is InChI=1S/C9H17O3/c1-3-5-6-8(4-2)7-12-9(10)11/h8H,3-7H2,1-2H3. The Kier molecular flexibility index (Phi) is 6.53. The summed E-state index contributed by atoms with van der Waals surface area (Å²) in [5.41, 5.74) is 0. The van der Waals surface area contributed by atoms with Crippen molar-refractivity contribution in [3.8, 4) is 0 Å². The maximum atomic E-state index is 9.96. The lowest BCUT2D eigenvalue weighted by Gasteiger charge is -2.11. The van der Waals surface area contributed by atoms with Crippen LogP contribution in [0, 0.1) is 5.92 Å². The highest BCUT2D eigenvalue weighted by Gasteiger charge is 2.08. The van der Waals surface area contributed by atoms with Gasteiger partial charge in [0.1, 0.15) is 0 Å². The molecule has 3 heteroatoms. The van der Waals surface area contributed by atoms with Gasteiger partial charge in [0.25, 0.3) is 0 Å². The lowest BCUT2D eigenvalue weighted by atomic mass is 10.0. The number of rotatable bonds is 6. The third-order valence-corrected chi connectivity index (χ3v) is 1.98. The molecule has 0 amide bonds. The number of carbonyl (C=O) groups excluding carboxylic acids is 1. The summed E-state index contributed by atoms with van der Waals surface area (Å²) in [4.78, 5) is 9.96. The first-order chi connectivity index (χ1) is 5.70. The number of unbranched alkanes of at least 4 members (excludes halogenated alkanes) is 1. The average molecular weight is 173 g/mol. The first-order valence-electron chi connectivity index (χ1n) is 4.54. The monoisotopic (exact) mass is 173 g/mol. The Labute approximate surface area is 73.7 Å². The van der Waals surface area contributed by atoms with E-state index in [1.807, 2.05) is 6.92 Å². The minimum absolute atomic E-state index is 0.291. The quantitative estimate of drug-likeness (QED) is 0.580. The van der Waals surface area contributed by atoms with Crippen molar-refractivity contribution in [1.29, 1.82) is 0 Å². The summed E-state index contributed by atoms with van der Waals surface area (Å²) in [6, 6.07) is 0. The summed E-state index contributed by atoms with van der Waals surface area (Å²) in [6.45, 7) is 4.45. The molecule has 0 aromatic rings. The van der Waals surface area contributed by atoms with Crippen molar-refractivity contribution >= 4 is 6.16 Å². The summed E-state index contributed by atoms with van der Waals surface area (Å²) in [7, 11) is 0. The van der Waals surface area contributed by atoms with Crippen molar-refractivity contribution in [2.24, 2.45) is 5.92 Å². The summed E-state index contributed by atoms with van der Waals surface area (Å²) in [5.74, 6) is 0.364. The molecular formula is C9H17O3. The van der Waals surface area contributed by atoms with Gasteiger partial charge in [0, 0.05) is 0 Å². The van der Waals surface area contributed by atoms with Crippen LogP contribution in [0.1, 0.15) is 39.5 Å². The second-order valence-corrected chi connectivity index (χ2v) is 2.98. The second-order valence-electron chi connectivity index (χ2n) is 2.98. The van der Waals surface area contributed by atoms with Crippen molar-refractivity contribution in [3.05, 3.63) is 0 Å². The highest BCUT2D eigenvalue weighted by atomic mass is 16.7. The van der Waals surface area contributed by atoms with E-state index >= 15 is 0 Å². The van der Waals surface area contributed by atoms with Gasteiger partial charge in [-0.25, -0.2) is 0 Å². The van der Waals surface area contributed by atoms with Crippen LogP contribution in [0.4, 0.5) is 4.79 Å². The van der Waals surface area contributed by atoms with Crippen molar-refractivity contribution in [1.82, 2.24) is 0 Å². The van der Waals surface area contributed by atoms with E-state index in [1.54, 1.807) is 0 Å². The first kappa shape index (κ1) is 11.3. The highest BCUT2D eigenvalue weighted by molar-refractivity contribution is 5.56. The zero-order valence-electron chi connectivity index (χ0n) is 7.84. The number of ether oxygens (including phenoxy) is 1. The van der Waals surface area contributed by atoms with Gasteiger partial charge in [0.2, 0.25) is 0 Å². The van der Waals surface area contributed by atoms with E-state index in [-0.39, 0.29) is 0 Å². The number of carbonyl (C=O) groups is 1. The van der Waals surface area contributed by atoms with Gasteiger partial charge >= 0.3 is 6.16 Å². The van der Waals surface area contributed by atoms with E-state index in [0.717, 1.165) is 25.7 Å². The van der Waals surface area contributed by atoms with Crippen LogP contribution in [-0.4, -0.2) is 12.8 Å². The summed E-state index contributed by atoms with van der Waals surface area (Å²) >= 11 is 0. The molecule has 1 atom stereocenters. The van der Waals surface area contributed by atoms with Crippen molar-refractivity contribution in [2.45, 2.75) is 39.5 Å². The van der Waals surface area contributed by atoms with Crippen LogP contribution < -0.4 is 0 Å². The highest BCUT2D eigenvalue weighted by Crippen LogP contribution is 2.12. The zero-order chi connectivity index (χ0) is 9.40.